The topological polar surface area (TPSA) is 116 Å². The molecule has 8 nitrogen and oxygen atoms in total. The van der Waals surface area contributed by atoms with Crippen molar-refractivity contribution in [1.29, 1.82) is 0 Å². The molecule has 2 saturated heterocycles. The largest absolute Gasteiger partial charge is 0.494 e. The number of hydrogen-bond acceptors (Lipinski definition) is 6. The van der Waals surface area contributed by atoms with E-state index in [1.54, 1.807) is 24.3 Å². The molecule has 4 N–H and O–H groups in total. The first-order valence-corrected chi connectivity index (χ1v) is 10.2. The third-order valence-corrected chi connectivity index (χ3v) is 7.00. The average Bonchev–Trinajstić information content (AvgIpc) is 3.63. The van der Waals surface area contributed by atoms with Crippen LogP contribution in [0.25, 0.3) is 11.4 Å². The monoisotopic (exact) mass is 408 g/mol. The summed E-state index contributed by atoms with van der Waals surface area (Å²) in [6.07, 6.45) is 2.84. The Morgan fingerprint density at radius 3 is 1.27 bits per heavy atom. The highest BCUT2D eigenvalue weighted by molar-refractivity contribution is 5.60. The lowest BCUT2D eigenvalue weighted by atomic mass is 9.95. The molecule has 4 aliphatic rings. The van der Waals surface area contributed by atoms with Crippen LogP contribution in [0.2, 0.25) is 0 Å². The molecule has 2 aromatic heterocycles. The fourth-order valence-electron chi connectivity index (χ4n) is 5.28. The maximum Gasteiger partial charge on any atom is 0.202 e. The van der Waals surface area contributed by atoms with Crippen molar-refractivity contribution in [3.8, 4) is 34.9 Å². The van der Waals surface area contributed by atoms with Crippen molar-refractivity contribution in [2.24, 2.45) is 0 Å². The molecule has 4 unspecified atom stereocenters. The van der Waals surface area contributed by atoms with Crippen LogP contribution in [-0.4, -0.2) is 54.0 Å². The van der Waals surface area contributed by atoms with E-state index in [-0.39, 0.29) is 47.9 Å². The summed E-state index contributed by atoms with van der Waals surface area (Å²) in [6, 6.07) is 7.03. The number of aromatic nitrogens is 2. The van der Waals surface area contributed by atoms with E-state index >= 15 is 0 Å². The predicted molar refractivity (Wildman–Crippen MR) is 104 cm³/mol. The molecular formula is C22H20N2O6. The van der Waals surface area contributed by atoms with Gasteiger partial charge in [-0.3, -0.25) is 9.13 Å². The molecule has 4 atom stereocenters. The summed E-state index contributed by atoms with van der Waals surface area (Å²) >= 11 is 0. The smallest absolute Gasteiger partial charge is 0.202 e. The second-order valence-corrected chi connectivity index (χ2v) is 8.64. The molecule has 0 spiro atoms. The molecule has 4 heterocycles. The lowest BCUT2D eigenvalue weighted by molar-refractivity contribution is 0.365. The molecule has 0 amide bonds. The zero-order valence-corrected chi connectivity index (χ0v) is 15.9. The van der Waals surface area contributed by atoms with Crippen LogP contribution in [0.1, 0.15) is 22.3 Å². The highest BCUT2D eigenvalue weighted by atomic mass is 16.6. The second-order valence-electron chi connectivity index (χ2n) is 8.64. The number of ether oxygens (including phenoxy) is 2. The molecule has 7 rings (SSSR count). The van der Waals surface area contributed by atoms with E-state index in [1.165, 1.54) is 9.13 Å². The standard InChI is InChI=1S/C22H20N2O6/c25-19-11-5-15-16(29-15)6-12(11)20(26)23(19)9-2-1-3-10(4-9)24-21(27)13-7-17-18(30-17)8-14(13)22(24)28/h1-4,15-18,25-28H,5-8H2. The van der Waals surface area contributed by atoms with Gasteiger partial charge < -0.3 is 29.9 Å². The summed E-state index contributed by atoms with van der Waals surface area (Å²) < 4.78 is 13.9. The molecule has 0 saturated carbocycles. The summed E-state index contributed by atoms with van der Waals surface area (Å²) in [7, 11) is 0. The minimum atomic E-state index is 0.00563. The Bertz CT molecular complexity index is 1080. The highest BCUT2D eigenvalue weighted by Crippen LogP contribution is 2.48. The Morgan fingerprint density at radius 1 is 0.600 bits per heavy atom. The average molecular weight is 408 g/mol. The summed E-state index contributed by atoms with van der Waals surface area (Å²) in [5.74, 6) is 0.0225. The van der Waals surface area contributed by atoms with Crippen LogP contribution in [0.15, 0.2) is 24.3 Å². The van der Waals surface area contributed by atoms with Crippen LogP contribution in [0.3, 0.4) is 0 Å². The van der Waals surface area contributed by atoms with Crippen molar-refractivity contribution in [2.75, 3.05) is 0 Å². The van der Waals surface area contributed by atoms with E-state index in [0.29, 0.717) is 37.1 Å². The Hall–Kier alpha value is -3.10. The van der Waals surface area contributed by atoms with Gasteiger partial charge in [0.1, 0.15) is 0 Å². The molecule has 1 aromatic carbocycles. The van der Waals surface area contributed by atoms with Crippen LogP contribution in [0.5, 0.6) is 23.5 Å². The fourth-order valence-corrected chi connectivity index (χ4v) is 5.28. The second kappa shape index (κ2) is 5.33. The number of fused-ring (bicyclic) bond motifs is 4. The van der Waals surface area contributed by atoms with Crippen LogP contribution in [0, 0.1) is 0 Å². The van der Waals surface area contributed by atoms with Crippen molar-refractivity contribution in [3.05, 3.63) is 46.5 Å². The van der Waals surface area contributed by atoms with E-state index < -0.39 is 0 Å². The van der Waals surface area contributed by atoms with E-state index in [1.807, 2.05) is 0 Å². The summed E-state index contributed by atoms with van der Waals surface area (Å²) in [4.78, 5) is 0. The van der Waals surface area contributed by atoms with Crippen molar-refractivity contribution in [3.63, 3.8) is 0 Å². The quantitative estimate of drug-likeness (QED) is 0.481. The number of epoxide rings is 2. The Kier molecular flexibility index (Phi) is 2.96. The molecule has 2 aliphatic carbocycles. The summed E-state index contributed by atoms with van der Waals surface area (Å²) in [5, 5.41) is 43.2. The van der Waals surface area contributed by atoms with E-state index in [4.69, 9.17) is 9.47 Å². The first kappa shape index (κ1) is 16.7. The van der Waals surface area contributed by atoms with Crippen LogP contribution in [-0.2, 0) is 35.2 Å². The normalized spacial score (nSPS) is 27.7. The van der Waals surface area contributed by atoms with Gasteiger partial charge >= 0.3 is 0 Å². The lowest BCUT2D eigenvalue weighted by Gasteiger charge is -2.12. The number of nitrogens with zero attached hydrogens (tertiary/aromatic N) is 2. The third kappa shape index (κ3) is 2.07. The lowest BCUT2D eigenvalue weighted by Crippen LogP contribution is -2.09. The molecule has 0 bridgehead atoms. The van der Waals surface area contributed by atoms with Gasteiger partial charge in [0.25, 0.3) is 0 Å². The molecule has 2 fully saturated rings. The van der Waals surface area contributed by atoms with Gasteiger partial charge in [0, 0.05) is 47.9 Å². The molecule has 3 aromatic rings. The zero-order valence-electron chi connectivity index (χ0n) is 15.9. The van der Waals surface area contributed by atoms with Gasteiger partial charge in [-0.2, -0.15) is 0 Å². The summed E-state index contributed by atoms with van der Waals surface area (Å²) in [6.45, 7) is 0. The SMILES string of the molecule is Oc1c2c(c(O)n1-c1cccc(-n3c(O)c4c(c3O)CC3OC3C4)c1)CC1OC1C2. The maximum atomic E-state index is 10.8. The van der Waals surface area contributed by atoms with Crippen molar-refractivity contribution in [1.82, 2.24) is 9.13 Å². The Balaban J connectivity index is 1.35. The molecule has 0 radical (unpaired) electrons. The number of benzene rings is 1. The third-order valence-electron chi connectivity index (χ3n) is 7.00. The van der Waals surface area contributed by atoms with Gasteiger partial charge in [-0.15, -0.1) is 0 Å². The van der Waals surface area contributed by atoms with E-state index in [9.17, 15) is 20.4 Å². The van der Waals surface area contributed by atoms with Crippen LogP contribution < -0.4 is 0 Å². The van der Waals surface area contributed by atoms with Gasteiger partial charge in [-0.05, 0) is 18.2 Å². The number of hydrogen-bond donors (Lipinski definition) is 4. The van der Waals surface area contributed by atoms with Gasteiger partial charge in [0.15, 0.2) is 0 Å². The van der Waals surface area contributed by atoms with E-state index in [2.05, 4.69) is 0 Å². The van der Waals surface area contributed by atoms with Gasteiger partial charge in [-0.25, -0.2) is 0 Å². The van der Waals surface area contributed by atoms with Crippen molar-refractivity contribution < 1.29 is 29.9 Å². The number of rotatable bonds is 2. The minimum absolute atomic E-state index is 0.00563. The van der Waals surface area contributed by atoms with Gasteiger partial charge in [-0.1, -0.05) is 6.07 Å². The predicted octanol–water partition coefficient (Wildman–Crippen LogP) is 1.82. The fraction of sp³-hybridized carbons (Fsp3) is 0.364. The zero-order chi connectivity index (χ0) is 20.3. The van der Waals surface area contributed by atoms with E-state index in [0.717, 1.165) is 22.3 Å². The molecule has 154 valence electrons. The minimum Gasteiger partial charge on any atom is -0.494 e. The first-order chi connectivity index (χ1) is 14.5. The van der Waals surface area contributed by atoms with Gasteiger partial charge in [0.05, 0.1) is 35.8 Å². The van der Waals surface area contributed by atoms with Gasteiger partial charge in [0.2, 0.25) is 23.5 Å². The highest BCUT2D eigenvalue weighted by Gasteiger charge is 2.47. The maximum absolute atomic E-state index is 10.8. The molecule has 30 heavy (non-hydrogen) atoms. The van der Waals surface area contributed by atoms with Crippen LogP contribution >= 0.6 is 0 Å². The summed E-state index contributed by atoms with van der Waals surface area (Å²) in [5.41, 5.74) is 3.97. The first-order valence-electron chi connectivity index (χ1n) is 10.2. The number of aromatic hydroxyl groups is 4. The van der Waals surface area contributed by atoms with Crippen molar-refractivity contribution >= 4 is 0 Å². The molecular weight excluding hydrogens is 388 g/mol. The molecule has 8 heteroatoms. The van der Waals surface area contributed by atoms with Crippen LogP contribution in [0.4, 0.5) is 0 Å². The van der Waals surface area contributed by atoms with Crippen molar-refractivity contribution in [2.45, 2.75) is 50.1 Å². The Labute approximate surface area is 171 Å². The molecule has 2 aliphatic heterocycles. The Morgan fingerprint density at radius 2 is 0.933 bits per heavy atom.